The van der Waals surface area contributed by atoms with E-state index < -0.39 is 0 Å². The van der Waals surface area contributed by atoms with E-state index in [9.17, 15) is 0 Å². The number of nitrogens with zero attached hydrogens (tertiary/aromatic N) is 1. The van der Waals surface area contributed by atoms with Crippen LogP contribution in [0, 0.1) is 17.8 Å². The molecule has 1 nitrogen and oxygen atoms in total. The SMILES string of the molecule is C1CCC(CN2CC3CC3C2)CC1. The van der Waals surface area contributed by atoms with Gasteiger partial charge >= 0.3 is 0 Å². The van der Waals surface area contributed by atoms with E-state index in [1.54, 1.807) is 6.42 Å². The number of likely N-dealkylation sites (tertiary alicyclic amines) is 1. The van der Waals surface area contributed by atoms with Crippen molar-refractivity contribution in [2.45, 2.75) is 38.5 Å². The molecule has 2 aliphatic carbocycles. The molecule has 3 fully saturated rings. The summed E-state index contributed by atoms with van der Waals surface area (Å²) in [6.45, 7) is 4.33. The fraction of sp³-hybridized carbons (Fsp3) is 1.00. The number of hydrogen-bond acceptors (Lipinski definition) is 1. The van der Waals surface area contributed by atoms with Gasteiger partial charge in [0.25, 0.3) is 0 Å². The predicted molar refractivity (Wildman–Crippen MR) is 54.6 cm³/mol. The Hall–Kier alpha value is -0.0400. The first kappa shape index (κ1) is 8.28. The van der Waals surface area contributed by atoms with E-state index in [-0.39, 0.29) is 0 Å². The van der Waals surface area contributed by atoms with Crippen molar-refractivity contribution in [3.63, 3.8) is 0 Å². The third-order valence-corrected chi connectivity index (χ3v) is 4.30. The molecule has 3 aliphatic rings. The standard InChI is InChI=1S/C12H21N/c1-2-4-10(5-3-1)7-13-8-11-6-12(11)9-13/h10-12H,1-9H2. The maximum atomic E-state index is 2.74. The van der Waals surface area contributed by atoms with Crippen LogP contribution in [-0.2, 0) is 0 Å². The van der Waals surface area contributed by atoms with Crippen LogP contribution in [0.3, 0.4) is 0 Å². The van der Waals surface area contributed by atoms with Crippen molar-refractivity contribution in [2.24, 2.45) is 17.8 Å². The Labute approximate surface area is 81.5 Å². The molecule has 0 bridgehead atoms. The molecule has 1 heterocycles. The zero-order chi connectivity index (χ0) is 8.67. The second-order valence-electron chi connectivity index (χ2n) is 5.48. The van der Waals surface area contributed by atoms with Gasteiger partial charge in [0.2, 0.25) is 0 Å². The van der Waals surface area contributed by atoms with Gasteiger partial charge in [-0.3, -0.25) is 0 Å². The summed E-state index contributed by atoms with van der Waals surface area (Å²) in [5, 5.41) is 0. The van der Waals surface area contributed by atoms with Gasteiger partial charge in [0.15, 0.2) is 0 Å². The molecule has 0 N–H and O–H groups in total. The van der Waals surface area contributed by atoms with E-state index in [2.05, 4.69) is 4.90 Å². The summed E-state index contributed by atoms with van der Waals surface area (Å²) in [7, 11) is 0. The second kappa shape index (κ2) is 3.27. The Balaban J connectivity index is 1.46. The molecule has 0 aromatic carbocycles. The lowest BCUT2D eigenvalue weighted by molar-refractivity contribution is 0.218. The van der Waals surface area contributed by atoms with Crippen molar-refractivity contribution < 1.29 is 0 Å². The lowest BCUT2D eigenvalue weighted by atomic mass is 9.89. The van der Waals surface area contributed by atoms with Gasteiger partial charge in [-0.15, -0.1) is 0 Å². The Morgan fingerprint density at radius 3 is 2.31 bits per heavy atom. The Morgan fingerprint density at radius 1 is 0.923 bits per heavy atom. The largest absolute Gasteiger partial charge is 0.302 e. The lowest BCUT2D eigenvalue weighted by Crippen LogP contribution is -2.30. The van der Waals surface area contributed by atoms with Gasteiger partial charge < -0.3 is 4.90 Å². The van der Waals surface area contributed by atoms with Crippen LogP contribution in [-0.4, -0.2) is 24.5 Å². The maximum absolute atomic E-state index is 2.74. The van der Waals surface area contributed by atoms with Crippen molar-refractivity contribution in [1.82, 2.24) is 4.90 Å². The Bertz CT molecular complexity index is 174. The van der Waals surface area contributed by atoms with Crippen molar-refractivity contribution in [3.8, 4) is 0 Å². The van der Waals surface area contributed by atoms with Crippen LogP contribution in [0.5, 0.6) is 0 Å². The quantitative estimate of drug-likeness (QED) is 0.629. The van der Waals surface area contributed by atoms with E-state index in [0.717, 1.165) is 17.8 Å². The fourth-order valence-electron chi connectivity index (χ4n) is 3.38. The van der Waals surface area contributed by atoms with Gasteiger partial charge in [-0.05, 0) is 37.0 Å². The van der Waals surface area contributed by atoms with E-state index >= 15 is 0 Å². The lowest BCUT2D eigenvalue weighted by Gasteiger charge is -2.27. The average molecular weight is 179 g/mol. The van der Waals surface area contributed by atoms with Gasteiger partial charge in [-0.25, -0.2) is 0 Å². The number of rotatable bonds is 2. The van der Waals surface area contributed by atoms with E-state index in [1.807, 2.05) is 0 Å². The minimum atomic E-state index is 1.06. The molecule has 0 radical (unpaired) electrons. The van der Waals surface area contributed by atoms with Crippen LogP contribution in [0.1, 0.15) is 38.5 Å². The topological polar surface area (TPSA) is 3.24 Å². The molecular weight excluding hydrogens is 158 g/mol. The average Bonchev–Trinajstić information content (AvgIpc) is 2.76. The second-order valence-corrected chi connectivity index (χ2v) is 5.48. The monoisotopic (exact) mass is 179 g/mol. The van der Waals surface area contributed by atoms with Gasteiger partial charge in [0, 0.05) is 19.6 Å². The molecule has 2 saturated carbocycles. The van der Waals surface area contributed by atoms with Crippen LogP contribution < -0.4 is 0 Å². The normalized spacial score (nSPS) is 40.6. The van der Waals surface area contributed by atoms with Gasteiger partial charge in [-0.2, -0.15) is 0 Å². The first-order valence-corrected chi connectivity index (χ1v) is 6.14. The van der Waals surface area contributed by atoms with Crippen molar-refractivity contribution >= 4 is 0 Å². The highest BCUT2D eigenvalue weighted by atomic mass is 15.2. The molecule has 3 rings (SSSR count). The molecule has 0 amide bonds. The summed E-state index contributed by atoms with van der Waals surface area (Å²) >= 11 is 0. The molecule has 1 heteroatoms. The van der Waals surface area contributed by atoms with Gasteiger partial charge in [0.05, 0.1) is 0 Å². The van der Waals surface area contributed by atoms with Crippen molar-refractivity contribution in [1.29, 1.82) is 0 Å². The highest BCUT2D eigenvalue weighted by Gasteiger charge is 2.45. The first-order valence-electron chi connectivity index (χ1n) is 6.14. The van der Waals surface area contributed by atoms with Gasteiger partial charge in [0.1, 0.15) is 0 Å². The zero-order valence-electron chi connectivity index (χ0n) is 8.54. The van der Waals surface area contributed by atoms with E-state index in [4.69, 9.17) is 0 Å². The van der Waals surface area contributed by atoms with E-state index in [0.29, 0.717) is 0 Å². The number of piperidine rings is 1. The first-order chi connectivity index (χ1) is 6.42. The highest BCUT2D eigenvalue weighted by Crippen LogP contribution is 2.45. The number of fused-ring (bicyclic) bond motifs is 1. The summed E-state index contributed by atoms with van der Waals surface area (Å²) in [5.74, 6) is 3.32. The zero-order valence-corrected chi connectivity index (χ0v) is 8.54. The Morgan fingerprint density at radius 2 is 1.62 bits per heavy atom. The van der Waals surface area contributed by atoms with Crippen LogP contribution in [0.4, 0.5) is 0 Å². The molecule has 2 atom stereocenters. The van der Waals surface area contributed by atoms with Gasteiger partial charge in [-0.1, -0.05) is 19.3 Å². The Kier molecular flexibility index (Phi) is 2.08. The summed E-state index contributed by atoms with van der Waals surface area (Å²) in [6.07, 6.45) is 9.11. The maximum Gasteiger partial charge on any atom is 0.00131 e. The third-order valence-electron chi connectivity index (χ3n) is 4.30. The highest BCUT2D eigenvalue weighted by molar-refractivity contribution is 4.97. The van der Waals surface area contributed by atoms with Crippen LogP contribution >= 0.6 is 0 Å². The molecule has 0 aromatic rings. The molecule has 0 aromatic heterocycles. The van der Waals surface area contributed by atoms with Crippen molar-refractivity contribution in [3.05, 3.63) is 0 Å². The smallest absolute Gasteiger partial charge is 0.00131 e. The summed E-state index contributed by atoms with van der Waals surface area (Å²) in [4.78, 5) is 2.74. The summed E-state index contributed by atoms with van der Waals surface area (Å²) < 4.78 is 0. The van der Waals surface area contributed by atoms with E-state index in [1.165, 1.54) is 51.7 Å². The molecule has 0 spiro atoms. The van der Waals surface area contributed by atoms with Crippen LogP contribution in [0.15, 0.2) is 0 Å². The predicted octanol–water partition coefficient (Wildman–Crippen LogP) is 2.52. The molecule has 74 valence electrons. The molecule has 13 heavy (non-hydrogen) atoms. The third kappa shape index (κ3) is 1.76. The molecule has 1 aliphatic heterocycles. The van der Waals surface area contributed by atoms with Crippen LogP contribution in [0.25, 0.3) is 0 Å². The number of hydrogen-bond donors (Lipinski definition) is 0. The van der Waals surface area contributed by atoms with Crippen molar-refractivity contribution in [2.75, 3.05) is 19.6 Å². The summed E-state index contributed by atoms with van der Waals surface area (Å²) in [6, 6.07) is 0. The van der Waals surface area contributed by atoms with Crippen LogP contribution in [0.2, 0.25) is 0 Å². The minimum Gasteiger partial charge on any atom is -0.302 e. The summed E-state index contributed by atoms with van der Waals surface area (Å²) in [5.41, 5.74) is 0. The molecule has 1 saturated heterocycles. The molecule has 2 unspecified atom stereocenters. The molecular formula is C12H21N. The minimum absolute atomic E-state index is 1.06. The fourth-order valence-corrected chi connectivity index (χ4v) is 3.38.